The maximum Gasteiger partial charge on any atom is 0.250 e. The highest BCUT2D eigenvalue weighted by Crippen LogP contribution is 2.54. The first-order chi connectivity index (χ1) is 13.9. The lowest BCUT2D eigenvalue weighted by molar-refractivity contribution is -0.130. The average Bonchev–Trinajstić information content (AvgIpc) is 3.28. The molecule has 2 saturated heterocycles. The molecule has 6 nitrogen and oxygen atoms in total. The molecule has 0 bridgehead atoms. The van der Waals surface area contributed by atoms with Crippen LogP contribution in [-0.4, -0.2) is 23.8 Å². The maximum atomic E-state index is 13.6. The number of nitrogens with one attached hydrogen (secondary N) is 2. The molecule has 3 aliphatic heterocycles. The summed E-state index contributed by atoms with van der Waals surface area (Å²) in [4.78, 5) is 41.5. The monoisotopic (exact) mass is 409 g/mol. The van der Waals surface area contributed by atoms with E-state index in [1.165, 1.54) is 4.90 Å². The Labute approximate surface area is 173 Å². The molecule has 2 N–H and O–H groups in total. The van der Waals surface area contributed by atoms with Crippen LogP contribution in [0.4, 0.5) is 11.4 Å². The second-order valence-electron chi connectivity index (χ2n) is 8.21. The standard InChI is InChI=1S/C22H20ClN3O3/c1-11(2)18-16-17(20(28)26(19(16)27)13-9-7-12(23)8-10-13)22(25-18)14-5-3-4-6-15(14)24-21(22)29/h3-11,16-18,25H,1-2H3,(H,24,29)/t16-,17+,18-,22-/m1/s1. The highest BCUT2D eigenvalue weighted by atomic mass is 35.5. The molecular weight excluding hydrogens is 390 g/mol. The Morgan fingerprint density at radius 2 is 1.69 bits per heavy atom. The van der Waals surface area contributed by atoms with Crippen LogP contribution in [0.15, 0.2) is 48.5 Å². The minimum Gasteiger partial charge on any atom is -0.324 e. The predicted molar refractivity (Wildman–Crippen MR) is 109 cm³/mol. The Hall–Kier alpha value is -2.70. The summed E-state index contributed by atoms with van der Waals surface area (Å²) in [6.45, 7) is 3.99. The number of anilines is 2. The molecule has 0 aliphatic carbocycles. The number of fused-ring (bicyclic) bond motifs is 4. The topological polar surface area (TPSA) is 78.5 Å². The van der Waals surface area contributed by atoms with Crippen molar-refractivity contribution < 1.29 is 14.4 Å². The number of para-hydroxylation sites is 1. The fraction of sp³-hybridized carbons (Fsp3) is 0.318. The SMILES string of the molecule is CC(C)[C@H]1N[C@@]2(C(=O)Nc3ccccc32)[C@@H]2C(=O)N(c3ccc(Cl)cc3)C(=O)[C@@H]12. The quantitative estimate of drug-likeness (QED) is 0.747. The maximum absolute atomic E-state index is 13.6. The third-order valence-corrected chi connectivity index (χ3v) is 6.61. The minimum absolute atomic E-state index is 0.0596. The first-order valence-electron chi connectivity index (χ1n) is 9.68. The fourth-order valence-corrected chi connectivity index (χ4v) is 5.23. The third-order valence-electron chi connectivity index (χ3n) is 6.36. The lowest BCUT2D eigenvalue weighted by Gasteiger charge is -2.30. The second-order valence-corrected chi connectivity index (χ2v) is 8.65. The third kappa shape index (κ3) is 2.30. The Kier molecular flexibility index (Phi) is 3.89. The summed E-state index contributed by atoms with van der Waals surface area (Å²) >= 11 is 5.97. The second kappa shape index (κ2) is 6.15. The van der Waals surface area contributed by atoms with Crippen LogP contribution in [0.3, 0.4) is 0 Å². The number of imide groups is 1. The van der Waals surface area contributed by atoms with Gasteiger partial charge in [0.25, 0.3) is 0 Å². The smallest absolute Gasteiger partial charge is 0.250 e. The predicted octanol–water partition coefficient (Wildman–Crippen LogP) is 2.92. The molecule has 148 valence electrons. The highest BCUT2D eigenvalue weighted by Gasteiger charge is 2.70. The summed E-state index contributed by atoms with van der Waals surface area (Å²) in [6, 6.07) is 13.7. The Bertz CT molecular complexity index is 1050. The van der Waals surface area contributed by atoms with Crippen LogP contribution < -0.4 is 15.5 Å². The molecule has 4 atom stereocenters. The molecule has 3 heterocycles. The largest absolute Gasteiger partial charge is 0.324 e. The van der Waals surface area contributed by atoms with Gasteiger partial charge in [0, 0.05) is 22.3 Å². The van der Waals surface area contributed by atoms with Gasteiger partial charge in [0.05, 0.1) is 17.5 Å². The number of halogens is 1. The van der Waals surface area contributed by atoms with E-state index in [1.807, 2.05) is 38.1 Å². The van der Waals surface area contributed by atoms with Crippen molar-refractivity contribution in [3.05, 3.63) is 59.1 Å². The Morgan fingerprint density at radius 3 is 2.38 bits per heavy atom. The van der Waals surface area contributed by atoms with Crippen molar-refractivity contribution in [3.63, 3.8) is 0 Å². The van der Waals surface area contributed by atoms with Gasteiger partial charge < -0.3 is 5.32 Å². The zero-order valence-electron chi connectivity index (χ0n) is 16.0. The van der Waals surface area contributed by atoms with E-state index in [-0.39, 0.29) is 29.7 Å². The molecule has 2 aromatic rings. The Morgan fingerprint density at radius 1 is 1.00 bits per heavy atom. The summed E-state index contributed by atoms with van der Waals surface area (Å²) in [6.07, 6.45) is 0. The van der Waals surface area contributed by atoms with Crippen LogP contribution in [0.1, 0.15) is 19.4 Å². The zero-order chi connectivity index (χ0) is 20.5. The van der Waals surface area contributed by atoms with E-state index in [0.717, 1.165) is 5.56 Å². The number of rotatable bonds is 2. The molecule has 0 aromatic heterocycles. The molecule has 5 rings (SSSR count). The molecule has 0 unspecified atom stereocenters. The van der Waals surface area contributed by atoms with Crippen LogP contribution in [0.5, 0.6) is 0 Å². The summed E-state index contributed by atoms with van der Waals surface area (Å²) in [5.41, 5.74) is 0.633. The van der Waals surface area contributed by atoms with E-state index in [4.69, 9.17) is 11.6 Å². The van der Waals surface area contributed by atoms with E-state index in [2.05, 4.69) is 10.6 Å². The first kappa shape index (κ1) is 18.3. The average molecular weight is 410 g/mol. The molecule has 1 spiro atoms. The number of carbonyl (C=O) groups is 3. The van der Waals surface area contributed by atoms with Crippen molar-refractivity contribution in [2.45, 2.75) is 25.4 Å². The molecule has 7 heteroatoms. The summed E-state index contributed by atoms with van der Waals surface area (Å²) < 4.78 is 0. The van der Waals surface area contributed by atoms with Crippen LogP contribution in [-0.2, 0) is 19.9 Å². The van der Waals surface area contributed by atoms with Crippen molar-refractivity contribution in [1.29, 1.82) is 0 Å². The van der Waals surface area contributed by atoms with E-state index in [9.17, 15) is 14.4 Å². The molecule has 3 aliphatic rings. The normalized spacial score (nSPS) is 30.3. The van der Waals surface area contributed by atoms with Crippen molar-refractivity contribution in [1.82, 2.24) is 5.32 Å². The first-order valence-corrected chi connectivity index (χ1v) is 10.1. The number of benzene rings is 2. The van der Waals surface area contributed by atoms with Gasteiger partial charge in [0.15, 0.2) is 0 Å². The van der Waals surface area contributed by atoms with Crippen molar-refractivity contribution in [3.8, 4) is 0 Å². The van der Waals surface area contributed by atoms with E-state index in [1.54, 1.807) is 24.3 Å². The molecule has 29 heavy (non-hydrogen) atoms. The van der Waals surface area contributed by atoms with Crippen molar-refractivity contribution in [2.75, 3.05) is 10.2 Å². The number of amides is 3. The van der Waals surface area contributed by atoms with E-state index in [0.29, 0.717) is 16.4 Å². The van der Waals surface area contributed by atoms with Gasteiger partial charge in [-0.05, 0) is 36.2 Å². The van der Waals surface area contributed by atoms with Gasteiger partial charge in [0.2, 0.25) is 17.7 Å². The van der Waals surface area contributed by atoms with Crippen LogP contribution in [0, 0.1) is 17.8 Å². The number of carbonyl (C=O) groups excluding carboxylic acids is 3. The summed E-state index contributed by atoms with van der Waals surface area (Å²) in [7, 11) is 0. The van der Waals surface area contributed by atoms with Crippen LogP contribution >= 0.6 is 11.6 Å². The number of hydrogen-bond donors (Lipinski definition) is 2. The fourth-order valence-electron chi connectivity index (χ4n) is 5.11. The molecule has 0 saturated carbocycles. The van der Waals surface area contributed by atoms with Gasteiger partial charge in [-0.15, -0.1) is 0 Å². The summed E-state index contributed by atoms with van der Waals surface area (Å²) in [5.74, 6) is -2.27. The lowest BCUT2D eigenvalue weighted by atomic mass is 9.76. The van der Waals surface area contributed by atoms with Gasteiger partial charge in [-0.2, -0.15) is 0 Å². The summed E-state index contributed by atoms with van der Waals surface area (Å²) in [5, 5.41) is 6.84. The number of nitrogens with zero attached hydrogens (tertiary/aromatic N) is 1. The van der Waals surface area contributed by atoms with Crippen molar-refractivity contribution >= 4 is 40.7 Å². The highest BCUT2D eigenvalue weighted by molar-refractivity contribution is 6.31. The number of hydrogen-bond acceptors (Lipinski definition) is 4. The molecule has 0 radical (unpaired) electrons. The van der Waals surface area contributed by atoms with Gasteiger partial charge in [0.1, 0.15) is 5.54 Å². The van der Waals surface area contributed by atoms with E-state index < -0.39 is 17.4 Å². The van der Waals surface area contributed by atoms with Crippen LogP contribution in [0.2, 0.25) is 5.02 Å². The zero-order valence-corrected chi connectivity index (χ0v) is 16.7. The van der Waals surface area contributed by atoms with Gasteiger partial charge in [-0.3, -0.25) is 19.7 Å². The Balaban J connectivity index is 1.68. The molecular formula is C22H20ClN3O3. The van der Waals surface area contributed by atoms with Gasteiger partial charge in [-0.25, -0.2) is 4.90 Å². The molecule has 3 amide bonds. The van der Waals surface area contributed by atoms with Crippen molar-refractivity contribution in [2.24, 2.45) is 17.8 Å². The van der Waals surface area contributed by atoms with Gasteiger partial charge in [-0.1, -0.05) is 43.6 Å². The van der Waals surface area contributed by atoms with E-state index >= 15 is 0 Å². The van der Waals surface area contributed by atoms with Crippen LogP contribution in [0.25, 0.3) is 0 Å². The van der Waals surface area contributed by atoms with Gasteiger partial charge >= 0.3 is 0 Å². The molecule has 2 fully saturated rings. The lowest BCUT2D eigenvalue weighted by Crippen LogP contribution is -2.54. The minimum atomic E-state index is -1.25. The molecule has 2 aromatic carbocycles.